The van der Waals surface area contributed by atoms with Crippen molar-refractivity contribution in [1.29, 1.82) is 0 Å². The van der Waals surface area contributed by atoms with Gasteiger partial charge in [0, 0.05) is 28.2 Å². The predicted octanol–water partition coefficient (Wildman–Crippen LogP) is 6.08. The Morgan fingerprint density at radius 1 is 1.13 bits per heavy atom. The predicted molar refractivity (Wildman–Crippen MR) is 113 cm³/mol. The van der Waals surface area contributed by atoms with Gasteiger partial charge < -0.3 is 10.1 Å². The number of methoxy groups -OCH3 is 1. The number of anilines is 1. The zero-order valence-corrected chi connectivity index (χ0v) is 17.3. The lowest BCUT2D eigenvalue weighted by Crippen LogP contribution is -2.09. The van der Waals surface area contributed by atoms with Crippen molar-refractivity contribution in [1.82, 2.24) is 9.97 Å². The minimum absolute atomic E-state index is 0.0851. The number of benzene rings is 2. The minimum Gasteiger partial charge on any atom is -0.467 e. The molecule has 0 aliphatic rings. The summed E-state index contributed by atoms with van der Waals surface area (Å²) in [6.45, 7) is 7.20. The third kappa shape index (κ3) is 5.15. The van der Waals surface area contributed by atoms with E-state index in [4.69, 9.17) is 34.5 Å². The quantitative estimate of drug-likeness (QED) is 0.351. The SMILES string of the molecule is [C-]#[N+]C(F)(F)c1cccc(-c2cc(NCCc3ccc(Cl)cc3Cl)nc(OC)n2)c1. The molecule has 9 heteroatoms. The smallest absolute Gasteiger partial charge is 0.467 e. The van der Waals surface area contributed by atoms with Gasteiger partial charge in [0.15, 0.2) is 0 Å². The molecule has 0 aliphatic carbocycles. The summed E-state index contributed by atoms with van der Waals surface area (Å²) in [6.07, 6.45) is 0.615. The van der Waals surface area contributed by atoms with Crippen LogP contribution in [0.3, 0.4) is 0 Å². The van der Waals surface area contributed by atoms with Crippen LogP contribution < -0.4 is 10.1 Å². The minimum atomic E-state index is -3.61. The van der Waals surface area contributed by atoms with Gasteiger partial charge in [0.1, 0.15) is 11.4 Å². The molecule has 2 aromatic carbocycles. The molecule has 3 rings (SSSR count). The second-order valence-electron chi connectivity index (χ2n) is 6.27. The highest BCUT2D eigenvalue weighted by Gasteiger charge is 2.39. The third-order valence-electron chi connectivity index (χ3n) is 4.25. The van der Waals surface area contributed by atoms with Crippen molar-refractivity contribution < 1.29 is 13.5 Å². The molecule has 0 unspecified atom stereocenters. The average Bonchev–Trinajstić information content (AvgIpc) is 2.75. The van der Waals surface area contributed by atoms with Crippen LogP contribution in [0, 0.1) is 6.57 Å². The monoisotopic (exact) mass is 448 g/mol. The second kappa shape index (κ2) is 9.24. The zero-order chi connectivity index (χ0) is 21.7. The Morgan fingerprint density at radius 3 is 2.63 bits per heavy atom. The Morgan fingerprint density at radius 2 is 1.93 bits per heavy atom. The Labute approximate surface area is 182 Å². The Bertz CT molecular complexity index is 1100. The van der Waals surface area contributed by atoms with E-state index in [1.54, 1.807) is 24.3 Å². The maximum atomic E-state index is 13.7. The first-order valence-corrected chi connectivity index (χ1v) is 9.56. The summed E-state index contributed by atoms with van der Waals surface area (Å²) in [6, 6.07) is 8.91. The molecule has 0 atom stereocenters. The lowest BCUT2D eigenvalue weighted by molar-refractivity contribution is 0.0490. The molecule has 0 saturated carbocycles. The summed E-state index contributed by atoms with van der Waals surface area (Å²) in [5.74, 6) is 0.462. The normalized spacial score (nSPS) is 11.1. The molecule has 3 aromatic rings. The average molecular weight is 449 g/mol. The summed E-state index contributed by atoms with van der Waals surface area (Å²) in [4.78, 5) is 10.9. The molecule has 154 valence electrons. The summed E-state index contributed by atoms with van der Waals surface area (Å²) in [5.41, 5.74) is 1.32. The molecule has 1 aromatic heterocycles. The van der Waals surface area contributed by atoms with E-state index in [0.29, 0.717) is 40.1 Å². The van der Waals surface area contributed by atoms with Gasteiger partial charge >= 0.3 is 12.1 Å². The Balaban J connectivity index is 1.82. The highest BCUT2D eigenvalue weighted by atomic mass is 35.5. The lowest BCUT2D eigenvalue weighted by atomic mass is 10.1. The summed E-state index contributed by atoms with van der Waals surface area (Å²) < 4.78 is 32.6. The van der Waals surface area contributed by atoms with Crippen LogP contribution in [0.5, 0.6) is 6.01 Å². The molecule has 0 spiro atoms. The molecular formula is C21H16Cl2F2N4O. The number of alkyl halides is 2. The number of aromatic nitrogens is 2. The molecule has 1 N–H and O–H groups in total. The van der Waals surface area contributed by atoms with Crippen LogP contribution in [0.1, 0.15) is 11.1 Å². The highest BCUT2D eigenvalue weighted by molar-refractivity contribution is 6.35. The van der Waals surface area contributed by atoms with Crippen molar-refractivity contribution in [3.63, 3.8) is 0 Å². The molecule has 0 fully saturated rings. The Kier molecular flexibility index (Phi) is 6.70. The van der Waals surface area contributed by atoms with Crippen LogP contribution >= 0.6 is 23.2 Å². The van der Waals surface area contributed by atoms with Gasteiger partial charge in [-0.2, -0.15) is 9.97 Å². The summed E-state index contributed by atoms with van der Waals surface area (Å²) >= 11 is 12.1. The van der Waals surface area contributed by atoms with Crippen LogP contribution in [0.4, 0.5) is 14.6 Å². The van der Waals surface area contributed by atoms with Gasteiger partial charge in [0.25, 0.3) is 0 Å². The fourth-order valence-corrected chi connectivity index (χ4v) is 3.24. The van der Waals surface area contributed by atoms with Gasteiger partial charge in [-0.15, -0.1) is 8.78 Å². The molecule has 5 nitrogen and oxygen atoms in total. The first-order valence-electron chi connectivity index (χ1n) is 8.80. The number of nitrogens with one attached hydrogen (secondary N) is 1. The van der Waals surface area contributed by atoms with Crippen molar-refractivity contribution in [2.75, 3.05) is 19.0 Å². The van der Waals surface area contributed by atoms with Crippen molar-refractivity contribution in [3.8, 4) is 17.3 Å². The molecule has 0 radical (unpaired) electrons. The highest BCUT2D eigenvalue weighted by Crippen LogP contribution is 2.32. The van der Waals surface area contributed by atoms with Crippen LogP contribution in [0.15, 0.2) is 48.5 Å². The zero-order valence-electron chi connectivity index (χ0n) is 15.8. The number of hydrogen-bond acceptors (Lipinski definition) is 4. The molecule has 0 aliphatic heterocycles. The maximum absolute atomic E-state index is 13.7. The lowest BCUT2D eigenvalue weighted by Gasteiger charge is -2.11. The molecule has 0 bridgehead atoms. The van der Waals surface area contributed by atoms with E-state index in [-0.39, 0.29) is 6.01 Å². The van der Waals surface area contributed by atoms with E-state index < -0.39 is 11.6 Å². The van der Waals surface area contributed by atoms with Crippen LogP contribution in [-0.2, 0) is 12.5 Å². The van der Waals surface area contributed by atoms with Gasteiger partial charge in [-0.1, -0.05) is 41.4 Å². The number of nitrogens with zero attached hydrogens (tertiary/aromatic N) is 3. The largest absolute Gasteiger partial charge is 0.557 e. The van der Waals surface area contributed by atoms with E-state index in [1.165, 1.54) is 25.3 Å². The van der Waals surface area contributed by atoms with Crippen LogP contribution in [-0.4, -0.2) is 23.6 Å². The van der Waals surface area contributed by atoms with Crippen LogP contribution in [0.2, 0.25) is 10.0 Å². The first kappa shape index (κ1) is 21.8. The van der Waals surface area contributed by atoms with Crippen molar-refractivity contribution >= 4 is 29.0 Å². The second-order valence-corrected chi connectivity index (χ2v) is 7.12. The van der Waals surface area contributed by atoms with Gasteiger partial charge in [-0.05, 0) is 36.2 Å². The van der Waals surface area contributed by atoms with E-state index in [2.05, 4.69) is 20.1 Å². The molecule has 0 saturated heterocycles. The molecule has 0 amide bonds. The van der Waals surface area contributed by atoms with Gasteiger partial charge in [0.2, 0.25) is 0 Å². The standard InChI is InChI=1S/C21H16Cl2F2N4O/c1-26-21(24,25)15-5-3-4-14(10-15)18-12-19(29-20(28-18)30-2)27-9-8-13-6-7-16(22)11-17(13)23/h3-7,10-12H,8-9H2,2H3,(H,27,28,29). The Hall–Kier alpha value is -2.95. The maximum Gasteiger partial charge on any atom is 0.557 e. The number of halogens is 4. The fraction of sp³-hybridized carbons (Fsp3) is 0.190. The van der Waals surface area contributed by atoms with Gasteiger partial charge in [0.05, 0.1) is 12.8 Å². The molecular weight excluding hydrogens is 433 g/mol. The number of ether oxygens (including phenoxy) is 1. The first-order chi connectivity index (χ1) is 14.3. The van der Waals surface area contributed by atoms with E-state index in [1.807, 2.05) is 6.07 Å². The number of rotatable bonds is 7. The summed E-state index contributed by atoms with van der Waals surface area (Å²) in [5, 5.41) is 4.29. The third-order valence-corrected chi connectivity index (χ3v) is 4.84. The van der Waals surface area contributed by atoms with Crippen LogP contribution in [0.25, 0.3) is 16.1 Å². The van der Waals surface area contributed by atoms with Crippen molar-refractivity contribution in [2.24, 2.45) is 0 Å². The fourth-order valence-electron chi connectivity index (χ4n) is 2.73. The van der Waals surface area contributed by atoms with E-state index in [0.717, 1.165) is 5.56 Å². The van der Waals surface area contributed by atoms with Crippen molar-refractivity contribution in [2.45, 2.75) is 12.5 Å². The van der Waals surface area contributed by atoms with Gasteiger partial charge in [-0.3, -0.25) is 0 Å². The topological polar surface area (TPSA) is 51.4 Å². The molecule has 1 heterocycles. The number of hydrogen-bond donors (Lipinski definition) is 1. The molecule has 30 heavy (non-hydrogen) atoms. The van der Waals surface area contributed by atoms with E-state index >= 15 is 0 Å². The van der Waals surface area contributed by atoms with Crippen molar-refractivity contribution in [3.05, 3.63) is 81.1 Å². The van der Waals surface area contributed by atoms with Gasteiger partial charge in [-0.25, -0.2) is 11.4 Å². The van der Waals surface area contributed by atoms with E-state index in [9.17, 15) is 8.78 Å². The summed E-state index contributed by atoms with van der Waals surface area (Å²) in [7, 11) is 1.42.